The van der Waals surface area contributed by atoms with Gasteiger partial charge in [-0.2, -0.15) is 5.10 Å². The first-order valence-corrected chi connectivity index (χ1v) is 6.99. The van der Waals surface area contributed by atoms with Crippen LogP contribution in [0.25, 0.3) is 11.0 Å². The standard InChI is InChI=1S/C16H16N4O2/c1-10-14-8-12(9-17-15(14)20-19-10)16(22)18-13-4-2-11(3-5-13)6-7-21/h2-5,8-9,21H,6-7H2,1H3,(H,18,22)(H,17,19,20). The van der Waals surface area contributed by atoms with E-state index < -0.39 is 0 Å². The molecule has 0 atom stereocenters. The summed E-state index contributed by atoms with van der Waals surface area (Å²) in [7, 11) is 0. The largest absolute Gasteiger partial charge is 0.396 e. The zero-order chi connectivity index (χ0) is 15.5. The Kier molecular flexibility index (Phi) is 3.84. The number of hydrogen-bond donors (Lipinski definition) is 3. The van der Waals surface area contributed by atoms with Gasteiger partial charge in [-0.25, -0.2) is 4.98 Å². The molecule has 0 aliphatic heterocycles. The molecular weight excluding hydrogens is 280 g/mol. The number of amides is 1. The summed E-state index contributed by atoms with van der Waals surface area (Å²) in [6.07, 6.45) is 2.12. The number of carbonyl (C=O) groups is 1. The molecular formula is C16H16N4O2. The van der Waals surface area contributed by atoms with Crippen molar-refractivity contribution >= 4 is 22.6 Å². The molecule has 1 aromatic carbocycles. The predicted octanol–water partition coefficient (Wildman–Crippen LogP) is 2.05. The third kappa shape index (κ3) is 2.82. The van der Waals surface area contributed by atoms with Gasteiger partial charge in [-0.05, 0) is 37.1 Å². The van der Waals surface area contributed by atoms with E-state index in [-0.39, 0.29) is 12.5 Å². The van der Waals surface area contributed by atoms with Gasteiger partial charge in [0.2, 0.25) is 0 Å². The van der Waals surface area contributed by atoms with Crippen molar-refractivity contribution in [3.05, 3.63) is 53.3 Å². The molecule has 2 heterocycles. The molecule has 0 aliphatic carbocycles. The monoisotopic (exact) mass is 296 g/mol. The van der Waals surface area contributed by atoms with Crippen molar-refractivity contribution < 1.29 is 9.90 Å². The summed E-state index contributed by atoms with van der Waals surface area (Å²) in [5, 5.41) is 19.4. The summed E-state index contributed by atoms with van der Waals surface area (Å²) in [5.74, 6) is -0.218. The average molecular weight is 296 g/mol. The van der Waals surface area contributed by atoms with Crippen molar-refractivity contribution in [2.75, 3.05) is 11.9 Å². The van der Waals surface area contributed by atoms with Gasteiger partial charge < -0.3 is 10.4 Å². The molecule has 0 fully saturated rings. The van der Waals surface area contributed by atoms with Crippen molar-refractivity contribution in [1.82, 2.24) is 15.2 Å². The molecule has 0 radical (unpaired) electrons. The lowest BCUT2D eigenvalue weighted by atomic mass is 10.1. The van der Waals surface area contributed by atoms with Gasteiger partial charge in [0.1, 0.15) is 0 Å². The van der Waals surface area contributed by atoms with E-state index in [4.69, 9.17) is 5.11 Å². The van der Waals surface area contributed by atoms with Gasteiger partial charge in [-0.1, -0.05) is 12.1 Å². The van der Waals surface area contributed by atoms with Crippen LogP contribution in [0.4, 0.5) is 5.69 Å². The lowest BCUT2D eigenvalue weighted by Gasteiger charge is -2.06. The number of aromatic nitrogens is 3. The van der Waals surface area contributed by atoms with Crippen molar-refractivity contribution in [2.24, 2.45) is 0 Å². The number of pyridine rings is 1. The van der Waals surface area contributed by atoms with Crippen molar-refractivity contribution in [1.29, 1.82) is 0 Å². The van der Waals surface area contributed by atoms with Crippen LogP contribution >= 0.6 is 0 Å². The number of benzene rings is 1. The molecule has 0 spiro atoms. The van der Waals surface area contributed by atoms with Crippen molar-refractivity contribution in [3.8, 4) is 0 Å². The van der Waals surface area contributed by atoms with Crippen LogP contribution in [0.3, 0.4) is 0 Å². The summed E-state index contributed by atoms with van der Waals surface area (Å²) >= 11 is 0. The van der Waals surface area contributed by atoms with Gasteiger partial charge >= 0.3 is 0 Å². The Morgan fingerprint density at radius 2 is 2.09 bits per heavy atom. The zero-order valence-corrected chi connectivity index (χ0v) is 12.1. The molecule has 2 aromatic heterocycles. The van der Waals surface area contributed by atoms with Crippen LogP contribution in [0.5, 0.6) is 0 Å². The number of carbonyl (C=O) groups excluding carboxylic acids is 1. The summed E-state index contributed by atoms with van der Waals surface area (Å²) in [6.45, 7) is 2.00. The molecule has 112 valence electrons. The number of nitrogens with one attached hydrogen (secondary N) is 2. The highest BCUT2D eigenvalue weighted by atomic mass is 16.3. The third-order valence-electron chi connectivity index (χ3n) is 3.47. The van der Waals surface area contributed by atoms with E-state index in [1.165, 1.54) is 6.20 Å². The molecule has 22 heavy (non-hydrogen) atoms. The van der Waals surface area contributed by atoms with Crippen molar-refractivity contribution in [3.63, 3.8) is 0 Å². The number of aromatic amines is 1. The quantitative estimate of drug-likeness (QED) is 0.687. The van der Waals surface area contributed by atoms with Gasteiger partial charge in [0, 0.05) is 29.6 Å². The van der Waals surface area contributed by atoms with E-state index in [1.54, 1.807) is 6.07 Å². The van der Waals surface area contributed by atoms with Crippen LogP contribution in [0.1, 0.15) is 21.6 Å². The van der Waals surface area contributed by atoms with Crippen LogP contribution in [0.15, 0.2) is 36.5 Å². The Morgan fingerprint density at radius 3 is 2.82 bits per heavy atom. The number of fused-ring (bicyclic) bond motifs is 1. The Morgan fingerprint density at radius 1 is 1.32 bits per heavy atom. The molecule has 6 heteroatoms. The van der Waals surface area contributed by atoms with Crippen LogP contribution in [0, 0.1) is 6.92 Å². The summed E-state index contributed by atoms with van der Waals surface area (Å²) in [6, 6.07) is 9.17. The van der Waals surface area contributed by atoms with E-state index in [9.17, 15) is 4.79 Å². The van der Waals surface area contributed by atoms with Crippen LogP contribution in [-0.2, 0) is 6.42 Å². The maximum Gasteiger partial charge on any atom is 0.257 e. The molecule has 3 aromatic rings. The molecule has 6 nitrogen and oxygen atoms in total. The summed E-state index contributed by atoms with van der Waals surface area (Å²) < 4.78 is 0. The lowest BCUT2D eigenvalue weighted by Crippen LogP contribution is -2.12. The molecule has 3 N–H and O–H groups in total. The minimum Gasteiger partial charge on any atom is -0.396 e. The lowest BCUT2D eigenvalue weighted by molar-refractivity contribution is 0.102. The van der Waals surface area contributed by atoms with Crippen LogP contribution in [-0.4, -0.2) is 32.8 Å². The molecule has 1 amide bonds. The van der Waals surface area contributed by atoms with E-state index in [0.29, 0.717) is 23.3 Å². The second-order valence-electron chi connectivity index (χ2n) is 5.07. The topological polar surface area (TPSA) is 90.9 Å². The molecule has 3 rings (SSSR count). The molecule has 0 unspecified atom stereocenters. The Hall–Kier alpha value is -2.73. The van der Waals surface area contributed by atoms with Gasteiger partial charge in [-0.15, -0.1) is 0 Å². The number of rotatable bonds is 4. The number of anilines is 1. The number of aryl methyl sites for hydroxylation is 1. The first-order chi connectivity index (χ1) is 10.7. The molecule has 0 saturated carbocycles. The zero-order valence-electron chi connectivity index (χ0n) is 12.1. The minimum atomic E-state index is -0.218. The normalized spacial score (nSPS) is 10.8. The van der Waals surface area contributed by atoms with E-state index in [2.05, 4.69) is 20.5 Å². The van der Waals surface area contributed by atoms with E-state index in [1.807, 2.05) is 31.2 Å². The first-order valence-electron chi connectivity index (χ1n) is 6.99. The fourth-order valence-corrected chi connectivity index (χ4v) is 2.23. The molecule has 0 aliphatic rings. The summed E-state index contributed by atoms with van der Waals surface area (Å²) in [5.41, 5.74) is 3.69. The highest BCUT2D eigenvalue weighted by Crippen LogP contribution is 2.16. The Labute approximate surface area is 127 Å². The van der Waals surface area contributed by atoms with Crippen molar-refractivity contribution in [2.45, 2.75) is 13.3 Å². The highest BCUT2D eigenvalue weighted by Gasteiger charge is 2.10. The van der Waals surface area contributed by atoms with E-state index in [0.717, 1.165) is 16.6 Å². The fraction of sp³-hybridized carbons (Fsp3) is 0.188. The van der Waals surface area contributed by atoms with Gasteiger partial charge in [0.25, 0.3) is 5.91 Å². The number of aliphatic hydroxyl groups excluding tert-OH is 1. The smallest absolute Gasteiger partial charge is 0.257 e. The van der Waals surface area contributed by atoms with Gasteiger partial charge in [0.15, 0.2) is 5.65 Å². The minimum absolute atomic E-state index is 0.113. The van der Waals surface area contributed by atoms with E-state index >= 15 is 0 Å². The fourth-order valence-electron chi connectivity index (χ4n) is 2.23. The third-order valence-corrected chi connectivity index (χ3v) is 3.47. The highest BCUT2D eigenvalue weighted by molar-refractivity contribution is 6.05. The SMILES string of the molecule is Cc1[nH]nc2ncc(C(=O)Nc3ccc(CCO)cc3)cc12. The number of nitrogens with zero attached hydrogens (tertiary/aromatic N) is 2. The maximum absolute atomic E-state index is 12.3. The Bertz CT molecular complexity index is 809. The maximum atomic E-state index is 12.3. The van der Waals surface area contributed by atoms with Crippen LogP contribution in [0.2, 0.25) is 0 Å². The number of aliphatic hydroxyl groups is 1. The van der Waals surface area contributed by atoms with Gasteiger partial charge in [-0.3, -0.25) is 9.89 Å². The second-order valence-corrected chi connectivity index (χ2v) is 5.07. The average Bonchev–Trinajstić information content (AvgIpc) is 2.90. The number of hydrogen-bond acceptors (Lipinski definition) is 4. The molecule has 0 bridgehead atoms. The predicted molar refractivity (Wildman–Crippen MR) is 83.8 cm³/mol. The number of H-pyrrole nitrogens is 1. The second kappa shape index (κ2) is 5.95. The Balaban J connectivity index is 1.78. The first kappa shape index (κ1) is 14.2. The molecule has 0 saturated heterocycles. The van der Waals surface area contributed by atoms with Gasteiger partial charge in [0.05, 0.1) is 5.56 Å². The van der Waals surface area contributed by atoms with Crippen LogP contribution < -0.4 is 5.32 Å². The summed E-state index contributed by atoms with van der Waals surface area (Å²) in [4.78, 5) is 16.5.